The van der Waals surface area contributed by atoms with Crippen LogP contribution in [0.3, 0.4) is 0 Å². The maximum absolute atomic E-state index is 4.79. The van der Waals surface area contributed by atoms with Gasteiger partial charge in [0.05, 0.1) is 12.5 Å². The number of hydrogen-bond donors (Lipinski definition) is 2. The van der Waals surface area contributed by atoms with Crippen LogP contribution in [-0.2, 0) is 6.54 Å². The summed E-state index contributed by atoms with van der Waals surface area (Å²) in [4.78, 5) is 0. The summed E-state index contributed by atoms with van der Waals surface area (Å²) >= 11 is 3.82. The van der Waals surface area contributed by atoms with Gasteiger partial charge in [-0.05, 0) is 6.07 Å². The smallest absolute Gasteiger partial charge is 0.0947 e. The highest BCUT2D eigenvalue weighted by molar-refractivity contribution is 7.78. The molecular weight excluding hydrogens is 122 g/mol. The Labute approximate surface area is 53.4 Å². The fraction of sp³-hybridized carbons (Fsp3) is 0.200. The van der Waals surface area contributed by atoms with Crippen LogP contribution >= 0.6 is 12.8 Å². The van der Waals surface area contributed by atoms with Gasteiger partial charge >= 0.3 is 0 Å². The third-order valence-corrected chi connectivity index (χ3v) is 1.02. The van der Waals surface area contributed by atoms with Crippen molar-refractivity contribution < 1.29 is 4.42 Å². The van der Waals surface area contributed by atoms with Crippen molar-refractivity contribution in [2.24, 2.45) is 0 Å². The third kappa shape index (κ3) is 1.28. The molecule has 0 bridgehead atoms. The molecule has 2 nitrogen and oxygen atoms in total. The summed E-state index contributed by atoms with van der Waals surface area (Å²) in [5, 5.41) is 0. The molecule has 0 aliphatic rings. The molecule has 8 heavy (non-hydrogen) atoms. The van der Waals surface area contributed by atoms with Crippen molar-refractivity contribution in [3.05, 3.63) is 24.2 Å². The number of furan rings is 1. The van der Waals surface area contributed by atoms with E-state index in [0.29, 0.717) is 0 Å². The van der Waals surface area contributed by atoms with Crippen LogP contribution in [-0.4, -0.2) is 0 Å². The van der Waals surface area contributed by atoms with E-state index in [2.05, 4.69) is 17.5 Å². The Morgan fingerprint density at radius 1 is 1.75 bits per heavy atom. The molecule has 0 saturated carbocycles. The minimum Gasteiger partial charge on any atom is -0.472 e. The van der Waals surface area contributed by atoms with Crippen molar-refractivity contribution in [3.63, 3.8) is 0 Å². The predicted octanol–water partition coefficient (Wildman–Crippen LogP) is 1.21. The minimum absolute atomic E-state index is 0.750. The monoisotopic (exact) mass is 129 g/mol. The molecule has 0 atom stereocenters. The Bertz CT molecular complexity index is 138. The number of nitrogens with one attached hydrogen (secondary N) is 1. The van der Waals surface area contributed by atoms with Gasteiger partial charge in [0.15, 0.2) is 0 Å². The average molecular weight is 129 g/mol. The summed E-state index contributed by atoms with van der Waals surface area (Å²) in [6, 6.07) is 1.89. The summed E-state index contributed by atoms with van der Waals surface area (Å²) in [6.07, 6.45) is 3.32. The van der Waals surface area contributed by atoms with Crippen LogP contribution < -0.4 is 4.72 Å². The molecule has 1 heterocycles. The molecule has 0 aliphatic carbocycles. The van der Waals surface area contributed by atoms with E-state index in [1.54, 1.807) is 12.5 Å². The fourth-order valence-electron chi connectivity index (χ4n) is 0.485. The average Bonchev–Trinajstić information content (AvgIpc) is 2.19. The van der Waals surface area contributed by atoms with Gasteiger partial charge in [-0.25, -0.2) is 0 Å². The number of hydrogen-bond acceptors (Lipinski definition) is 3. The highest BCUT2D eigenvalue weighted by atomic mass is 32.1. The molecule has 1 aromatic heterocycles. The molecule has 0 saturated heterocycles. The van der Waals surface area contributed by atoms with Crippen LogP contribution in [0.25, 0.3) is 0 Å². The molecule has 3 heteroatoms. The summed E-state index contributed by atoms with van der Waals surface area (Å²) in [7, 11) is 0. The molecule has 0 radical (unpaired) electrons. The van der Waals surface area contributed by atoms with E-state index >= 15 is 0 Å². The molecule has 44 valence electrons. The molecule has 0 amide bonds. The van der Waals surface area contributed by atoms with E-state index < -0.39 is 0 Å². The first-order valence-corrected chi connectivity index (χ1v) is 2.76. The van der Waals surface area contributed by atoms with Crippen molar-refractivity contribution >= 4 is 12.8 Å². The Kier molecular flexibility index (Phi) is 2.00. The fourth-order valence-corrected chi connectivity index (χ4v) is 0.667. The van der Waals surface area contributed by atoms with E-state index in [1.165, 1.54) is 0 Å². The van der Waals surface area contributed by atoms with E-state index in [9.17, 15) is 0 Å². The first-order chi connectivity index (χ1) is 3.93. The van der Waals surface area contributed by atoms with Gasteiger partial charge in [-0.2, -0.15) is 0 Å². The largest absolute Gasteiger partial charge is 0.472 e. The molecule has 0 spiro atoms. The Hall–Kier alpha value is -0.410. The first kappa shape index (κ1) is 5.72. The molecular formula is C5H7NOS. The second-order valence-corrected chi connectivity index (χ2v) is 1.78. The molecule has 0 aromatic carbocycles. The normalized spacial score (nSPS) is 9.62. The standard InChI is InChI=1S/C5H7NOS/c8-6-3-5-1-2-7-4-5/h1-2,4,6,8H,3H2. The van der Waals surface area contributed by atoms with Gasteiger partial charge in [-0.1, -0.05) is 12.8 Å². The summed E-state index contributed by atoms with van der Waals surface area (Å²) < 4.78 is 7.50. The zero-order valence-electron chi connectivity index (χ0n) is 4.29. The highest BCUT2D eigenvalue weighted by Gasteiger charge is 1.87. The second kappa shape index (κ2) is 2.79. The van der Waals surface area contributed by atoms with E-state index in [0.717, 1.165) is 12.1 Å². The molecule has 0 aliphatic heterocycles. The van der Waals surface area contributed by atoms with Gasteiger partial charge in [-0.3, -0.25) is 4.72 Å². The summed E-state index contributed by atoms with van der Waals surface area (Å²) in [6.45, 7) is 0.750. The number of rotatable bonds is 2. The van der Waals surface area contributed by atoms with E-state index in [-0.39, 0.29) is 0 Å². The quantitative estimate of drug-likeness (QED) is 0.587. The van der Waals surface area contributed by atoms with Crippen LogP contribution in [0.1, 0.15) is 5.56 Å². The topological polar surface area (TPSA) is 25.2 Å². The van der Waals surface area contributed by atoms with Crippen LogP contribution in [0.15, 0.2) is 23.0 Å². The van der Waals surface area contributed by atoms with Crippen LogP contribution in [0, 0.1) is 0 Å². The van der Waals surface area contributed by atoms with Crippen LogP contribution in [0.5, 0.6) is 0 Å². The lowest BCUT2D eigenvalue weighted by atomic mass is 10.4. The van der Waals surface area contributed by atoms with Gasteiger partial charge in [0.25, 0.3) is 0 Å². The molecule has 0 unspecified atom stereocenters. The minimum atomic E-state index is 0.750. The van der Waals surface area contributed by atoms with Crippen molar-refractivity contribution in [1.29, 1.82) is 0 Å². The zero-order valence-corrected chi connectivity index (χ0v) is 5.19. The van der Waals surface area contributed by atoms with E-state index in [4.69, 9.17) is 4.42 Å². The van der Waals surface area contributed by atoms with Crippen molar-refractivity contribution in [2.45, 2.75) is 6.54 Å². The lowest BCUT2D eigenvalue weighted by Crippen LogP contribution is -1.95. The number of thiol groups is 1. The van der Waals surface area contributed by atoms with Gasteiger partial charge in [-0.15, -0.1) is 0 Å². The maximum Gasteiger partial charge on any atom is 0.0947 e. The van der Waals surface area contributed by atoms with Gasteiger partial charge in [0.1, 0.15) is 0 Å². The van der Waals surface area contributed by atoms with Crippen molar-refractivity contribution in [1.82, 2.24) is 4.72 Å². The Balaban J connectivity index is 2.50. The van der Waals surface area contributed by atoms with Gasteiger partial charge in [0.2, 0.25) is 0 Å². The maximum atomic E-state index is 4.79. The highest BCUT2D eigenvalue weighted by Crippen LogP contribution is 1.97. The van der Waals surface area contributed by atoms with E-state index in [1.807, 2.05) is 6.07 Å². The van der Waals surface area contributed by atoms with Crippen molar-refractivity contribution in [2.75, 3.05) is 0 Å². The second-order valence-electron chi connectivity index (χ2n) is 1.47. The van der Waals surface area contributed by atoms with Gasteiger partial charge < -0.3 is 4.42 Å². The SMILES string of the molecule is SNCc1ccoc1. The Morgan fingerprint density at radius 3 is 3.12 bits per heavy atom. The van der Waals surface area contributed by atoms with Crippen LogP contribution in [0.4, 0.5) is 0 Å². The molecule has 1 aromatic rings. The zero-order chi connectivity index (χ0) is 5.82. The molecule has 0 fully saturated rings. The lowest BCUT2D eigenvalue weighted by molar-refractivity contribution is 0.563. The third-order valence-electron chi connectivity index (χ3n) is 0.863. The van der Waals surface area contributed by atoms with Gasteiger partial charge in [0, 0.05) is 12.1 Å². The lowest BCUT2D eigenvalue weighted by Gasteiger charge is -1.87. The summed E-state index contributed by atoms with van der Waals surface area (Å²) in [5.74, 6) is 0. The van der Waals surface area contributed by atoms with Crippen LogP contribution in [0.2, 0.25) is 0 Å². The Morgan fingerprint density at radius 2 is 2.62 bits per heavy atom. The first-order valence-electron chi connectivity index (χ1n) is 2.31. The summed E-state index contributed by atoms with van der Waals surface area (Å²) in [5.41, 5.74) is 1.11. The molecule has 1 N–H and O–H groups in total. The molecule has 1 rings (SSSR count). The predicted molar refractivity (Wildman–Crippen MR) is 34.5 cm³/mol. The van der Waals surface area contributed by atoms with Crippen molar-refractivity contribution in [3.8, 4) is 0 Å².